The lowest BCUT2D eigenvalue weighted by molar-refractivity contribution is 0.231. The van der Waals surface area contributed by atoms with Crippen LogP contribution >= 0.6 is 0 Å². The van der Waals surface area contributed by atoms with Gasteiger partial charge in [0.2, 0.25) is 0 Å². The molecule has 6 aromatic heterocycles. The lowest BCUT2D eigenvalue weighted by atomic mass is 10.3. The topological polar surface area (TPSA) is 134 Å². The first kappa shape index (κ1) is 25.1. The highest BCUT2D eigenvalue weighted by atomic mass is 15.5. The van der Waals surface area contributed by atoms with Crippen molar-refractivity contribution in [3.63, 3.8) is 0 Å². The van der Waals surface area contributed by atoms with Crippen molar-refractivity contribution < 1.29 is 0 Å². The van der Waals surface area contributed by atoms with E-state index in [1.807, 2.05) is 87.2 Å². The Labute approximate surface area is 230 Å². The normalized spacial score (nSPS) is 11.3. The van der Waals surface area contributed by atoms with Crippen molar-refractivity contribution in [1.29, 1.82) is 0 Å². The molecule has 13 nitrogen and oxygen atoms in total. The third kappa shape index (κ3) is 6.27. The van der Waals surface area contributed by atoms with E-state index < -0.39 is 0 Å². The van der Waals surface area contributed by atoms with Crippen LogP contribution in [0.4, 0.5) is 0 Å². The van der Waals surface area contributed by atoms with Crippen molar-refractivity contribution in [2.45, 2.75) is 19.6 Å². The summed E-state index contributed by atoms with van der Waals surface area (Å²) in [6.45, 7) is 4.30. The zero-order chi connectivity index (χ0) is 27.0. The summed E-state index contributed by atoms with van der Waals surface area (Å²) in [7, 11) is 0. The Morgan fingerprint density at radius 1 is 0.450 bits per heavy atom. The molecule has 6 heterocycles. The Hall–Kier alpha value is -5.17. The van der Waals surface area contributed by atoms with Crippen LogP contribution in [0.1, 0.15) is 0 Å². The second-order valence-corrected chi connectivity index (χ2v) is 9.09. The van der Waals surface area contributed by atoms with E-state index in [4.69, 9.17) is 0 Å². The molecule has 0 radical (unpaired) electrons. The Bertz CT molecular complexity index is 1420. The van der Waals surface area contributed by atoms with Crippen molar-refractivity contribution in [1.82, 2.24) is 64.8 Å². The van der Waals surface area contributed by atoms with E-state index >= 15 is 0 Å². The highest BCUT2D eigenvalue weighted by molar-refractivity contribution is 5.52. The Morgan fingerprint density at radius 3 is 1.10 bits per heavy atom. The maximum atomic E-state index is 4.36. The first-order valence-corrected chi connectivity index (χ1v) is 13.0. The minimum absolute atomic E-state index is 0.674. The van der Waals surface area contributed by atoms with Gasteiger partial charge in [0.05, 0.1) is 55.3 Å². The smallest absolute Gasteiger partial charge is 0.131 e. The Kier molecular flexibility index (Phi) is 7.62. The lowest BCUT2D eigenvalue weighted by Gasteiger charge is -2.21. The molecule has 0 amide bonds. The molecule has 200 valence electrons. The van der Waals surface area contributed by atoms with Gasteiger partial charge in [0.25, 0.3) is 0 Å². The number of nitrogens with zero attached hydrogens (tertiary/aromatic N) is 13. The van der Waals surface area contributed by atoms with Crippen LogP contribution in [0.15, 0.2) is 91.8 Å². The van der Waals surface area contributed by atoms with Crippen LogP contribution in [0.25, 0.3) is 34.2 Å². The lowest BCUT2D eigenvalue weighted by Crippen LogP contribution is -2.34. The van der Waals surface area contributed by atoms with Crippen LogP contribution in [-0.4, -0.2) is 84.5 Å². The first-order chi connectivity index (χ1) is 19.8. The zero-order valence-electron chi connectivity index (χ0n) is 21.7. The van der Waals surface area contributed by atoms with Gasteiger partial charge >= 0.3 is 0 Å². The van der Waals surface area contributed by atoms with Crippen molar-refractivity contribution in [2.24, 2.45) is 0 Å². The van der Waals surface area contributed by atoms with Crippen molar-refractivity contribution in [2.75, 3.05) is 19.6 Å². The van der Waals surface area contributed by atoms with Gasteiger partial charge in [0.1, 0.15) is 17.1 Å². The van der Waals surface area contributed by atoms with Gasteiger partial charge in [-0.15, -0.1) is 15.3 Å². The Morgan fingerprint density at radius 2 is 0.800 bits per heavy atom. The summed E-state index contributed by atoms with van der Waals surface area (Å²) in [4.78, 5) is 15.4. The standard InChI is InChI=1S/C27H27N13/c1-4-10-28-22(7-1)25-19-38(34-31-25)16-13-37(14-17-39-20-26(32-35-39)23-8-2-5-11-29-23)15-18-40-21-27(33-36-40)24-9-3-6-12-30-24/h1-12,19-21H,13-18H2. The second-order valence-electron chi connectivity index (χ2n) is 9.09. The van der Waals surface area contributed by atoms with Gasteiger partial charge in [0, 0.05) is 38.2 Å². The summed E-state index contributed by atoms with van der Waals surface area (Å²) < 4.78 is 5.54. The molecular weight excluding hydrogens is 506 g/mol. The monoisotopic (exact) mass is 533 g/mol. The largest absolute Gasteiger partial charge is 0.298 e. The fraction of sp³-hybridized carbons (Fsp3) is 0.222. The number of rotatable bonds is 12. The maximum Gasteiger partial charge on any atom is 0.131 e. The fourth-order valence-corrected chi connectivity index (χ4v) is 4.19. The molecule has 0 bridgehead atoms. The molecule has 0 unspecified atom stereocenters. The van der Waals surface area contributed by atoms with E-state index in [-0.39, 0.29) is 0 Å². The van der Waals surface area contributed by atoms with Crippen LogP contribution in [0.5, 0.6) is 0 Å². The SMILES string of the molecule is c1ccc(-c2cn(CCN(CCn3cc(-c4ccccn4)nn3)CCn3cc(-c4ccccn4)nn3)nn2)nc1. The first-order valence-electron chi connectivity index (χ1n) is 13.0. The number of pyridine rings is 3. The molecule has 0 fully saturated rings. The molecule has 0 saturated carbocycles. The van der Waals surface area contributed by atoms with Crippen molar-refractivity contribution in [3.05, 3.63) is 91.8 Å². The molecule has 0 aliphatic rings. The molecule has 0 atom stereocenters. The highest BCUT2D eigenvalue weighted by Gasteiger charge is 2.12. The van der Waals surface area contributed by atoms with Crippen LogP contribution in [0, 0.1) is 0 Å². The van der Waals surface area contributed by atoms with E-state index in [0.29, 0.717) is 19.6 Å². The van der Waals surface area contributed by atoms with Gasteiger partial charge < -0.3 is 0 Å². The van der Waals surface area contributed by atoms with Crippen LogP contribution in [-0.2, 0) is 19.6 Å². The van der Waals surface area contributed by atoms with Crippen LogP contribution in [0.2, 0.25) is 0 Å². The molecule has 6 aromatic rings. The molecule has 0 spiro atoms. The van der Waals surface area contributed by atoms with E-state index in [9.17, 15) is 0 Å². The van der Waals surface area contributed by atoms with Gasteiger partial charge in [-0.1, -0.05) is 33.8 Å². The molecular formula is C27H27N13. The summed E-state index contributed by atoms with van der Waals surface area (Å²) in [6.07, 6.45) is 11.0. The van der Waals surface area contributed by atoms with Crippen LogP contribution in [0.3, 0.4) is 0 Å². The number of hydrogen-bond acceptors (Lipinski definition) is 10. The summed E-state index contributed by atoms with van der Waals surface area (Å²) in [5, 5.41) is 25.8. The van der Waals surface area contributed by atoms with Crippen LogP contribution < -0.4 is 0 Å². The van der Waals surface area contributed by atoms with E-state index in [2.05, 4.69) is 50.8 Å². The predicted molar refractivity (Wildman–Crippen MR) is 146 cm³/mol. The summed E-state index contributed by atoms with van der Waals surface area (Å²) in [5.74, 6) is 0. The molecule has 0 N–H and O–H groups in total. The third-order valence-corrected chi connectivity index (χ3v) is 6.33. The zero-order valence-corrected chi connectivity index (χ0v) is 21.7. The Balaban J connectivity index is 1.11. The molecule has 0 aliphatic heterocycles. The predicted octanol–water partition coefficient (Wildman–Crippen LogP) is 2.35. The van der Waals surface area contributed by atoms with Gasteiger partial charge in [-0.3, -0.25) is 33.9 Å². The van der Waals surface area contributed by atoms with Gasteiger partial charge in [-0.2, -0.15) is 0 Å². The van der Waals surface area contributed by atoms with Gasteiger partial charge in [0.15, 0.2) is 0 Å². The number of hydrogen-bond donors (Lipinski definition) is 0. The van der Waals surface area contributed by atoms with E-state index in [1.165, 1.54) is 0 Å². The highest BCUT2D eigenvalue weighted by Crippen LogP contribution is 2.14. The minimum Gasteiger partial charge on any atom is -0.298 e. The quantitative estimate of drug-likeness (QED) is 0.231. The average Bonchev–Trinajstić information content (AvgIpc) is 3.80. The number of aromatic nitrogens is 12. The summed E-state index contributed by atoms with van der Waals surface area (Å²) in [6, 6.07) is 17.2. The average molecular weight is 534 g/mol. The molecule has 0 aromatic carbocycles. The molecule has 6 rings (SSSR count). The molecule has 0 aliphatic carbocycles. The van der Waals surface area contributed by atoms with Gasteiger partial charge in [-0.05, 0) is 36.4 Å². The fourth-order valence-electron chi connectivity index (χ4n) is 4.19. The summed E-state index contributed by atoms with van der Waals surface area (Å²) >= 11 is 0. The second kappa shape index (κ2) is 12.1. The minimum atomic E-state index is 0.674. The molecule has 0 saturated heterocycles. The maximum absolute atomic E-state index is 4.36. The van der Waals surface area contributed by atoms with Crippen molar-refractivity contribution >= 4 is 0 Å². The summed E-state index contributed by atoms with van der Waals surface area (Å²) in [5.41, 5.74) is 4.66. The van der Waals surface area contributed by atoms with E-state index in [0.717, 1.165) is 53.8 Å². The van der Waals surface area contributed by atoms with E-state index in [1.54, 1.807) is 18.6 Å². The van der Waals surface area contributed by atoms with Crippen molar-refractivity contribution in [3.8, 4) is 34.2 Å². The van der Waals surface area contributed by atoms with Gasteiger partial charge in [-0.25, -0.2) is 0 Å². The molecule has 13 heteroatoms. The molecule has 40 heavy (non-hydrogen) atoms. The third-order valence-electron chi connectivity index (χ3n) is 6.33.